The molecule has 1 aliphatic rings. The molecule has 0 aromatic heterocycles. The lowest BCUT2D eigenvalue weighted by atomic mass is 10.0. The average Bonchev–Trinajstić information content (AvgIpc) is 2.53. The summed E-state index contributed by atoms with van der Waals surface area (Å²) in [7, 11) is 1.71. The van der Waals surface area contributed by atoms with E-state index in [2.05, 4.69) is 0 Å². The van der Waals surface area contributed by atoms with Crippen molar-refractivity contribution in [2.24, 2.45) is 0 Å². The lowest BCUT2D eigenvalue weighted by Crippen LogP contribution is -2.46. The fraction of sp³-hybridized carbons (Fsp3) is 0.500. The van der Waals surface area contributed by atoms with Crippen molar-refractivity contribution in [2.75, 3.05) is 26.7 Å². The first-order chi connectivity index (χ1) is 11.2. The zero-order chi connectivity index (χ0) is 17.9. The Morgan fingerprint density at radius 1 is 1.29 bits per heavy atom. The number of likely N-dealkylation sites (tertiary alicyclic amines) is 1. The van der Waals surface area contributed by atoms with Gasteiger partial charge in [-0.15, -0.1) is 0 Å². The molecule has 0 unspecified atom stereocenters. The second-order valence-corrected chi connectivity index (χ2v) is 5.91. The van der Waals surface area contributed by atoms with E-state index >= 15 is 0 Å². The minimum atomic E-state index is -4.48. The lowest BCUT2D eigenvalue weighted by Gasteiger charge is -2.36. The highest BCUT2D eigenvalue weighted by atomic mass is 19.4. The van der Waals surface area contributed by atoms with E-state index in [0.717, 1.165) is 12.1 Å². The van der Waals surface area contributed by atoms with E-state index in [1.165, 1.54) is 17.0 Å². The first-order valence-electron chi connectivity index (χ1n) is 7.57. The first kappa shape index (κ1) is 18.3. The van der Waals surface area contributed by atoms with Crippen molar-refractivity contribution in [3.63, 3.8) is 0 Å². The van der Waals surface area contributed by atoms with Crippen LogP contribution in [0.5, 0.6) is 0 Å². The number of carboxylic acid groups (broad SMARTS) is 1. The van der Waals surface area contributed by atoms with Gasteiger partial charge in [0.05, 0.1) is 12.1 Å². The molecule has 1 aromatic rings. The highest BCUT2D eigenvalue weighted by Gasteiger charge is 2.32. The van der Waals surface area contributed by atoms with Gasteiger partial charge < -0.3 is 10.0 Å². The summed E-state index contributed by atoms with van der Waals surface area (Å²) in [6.07, 6.45) is -3.30. The van der Waals surface area contributed by atoms with Crippen LogP contribution in [0, 0.1) is 0 Å². The molecule has 0 radical (unpaired) electrons. The largest absolute Gasteiger partial charge is 0.480 e. The van der Waals surface area contributed by atoms with Crippen LogP contribution in [0.15, 0.2) is 24.3 Å². The molecule has 0 bridgehead atoms. The minimum absolute atomic E-state index is 0.0159. The minimum Gasteiger partial charge on any atom is -0.480 e. The standard InChI is InChI=1S/C16H19F3N2O3/c1-20(10-14(22)23)13-5-7-21(8-6-13)15(24)11-3-2-4-12(9-11)16(17,18)19/h2-4,9,13H,5-8,10H2,1H3,(H,22,23). The van der Waals surface area contributed by atoms with Crippen LogP contribution in [0.3, 0.4) is 0 Å². The van der Waals surface area contributed by atoms with E-state index in [4.69, 9.17) is 5.11 Å². The molecule has 1 aliphatic heterocycles. The van der Waals surface area contributed by atoms with E-state index in [1.54, 1.807) is 11.9 Å². The predicted octanol–water partition coefficient (Wildman–Crippen LogP) is 2.33. The number of aliphatic carboxylic acids is 1. The molecular formula is C16H19F3N2O3. The molecule has 1 fully saturated rings. The van der Waals surface area contributed by atoms with Crippen molar-refractivity contribution in [3.8, 4) is 0 Å². The number of benzene rings is 1. The van der Waals surface area contributed by atoms with Gasteiger partial charge in [0.1, 0.15) is 0 Å². The van der Waals surface area contributed by atoms with Crippen LogP contribution in [0.4, 0.5) is 13.2 Å². The maximum absolute atomic E-state index is 12.7. The smallest absolute Gasteiger partial charge is 0.416 e. The number of carbonyl (C=O) groups is 2. The summed E-state index contributed by atoms with van der Waals surface area (Å²) in [5.41, 5.74) is -0.827. The molecule has 0 saturated carbocycles. The Hall–Kier alpha value is -2.09. The number of amides is 1. The predicted molar refractivity (Wildman–Crippen MR) is 80.6 cm³/mol. The maximum Gasteiger partial charge on any atom is 0.416 e. The monoisotopic (exact) mass is 344 g/mol. The first-order valence-corrected chi connectivity index (χ1v) is 7.57. The summed E-state index contributed by atoms with van der Waals surface area (Å²) in [5.74, 6) is -1.35. The van der Waals surface area contributed by atoms with Crippen LogP contribution in [0.25, 0.3) is 0 Å². The van der Waals surface area contributed by atoms with Gasteiger partial charge in [-0.05, 0) is 38.1 Å². The van der Waals surface area contributed by atoms with E-state index in [-0.39, 0.29) is 18.2 Å². The number of hydrogen-bond donors (Lipinski definition) is 1. The third-order valence-electron chi connectivity index (χ3n) is 4.20. The number of rotatable bonds is 4. The molecular weight excluding hydrogens is 325 g/mol. The molecule has 132 valence electrons. The molecule has 8 heteroatoms. The number of carbonyl (C=O) groups excluding carboxylic acids is 1. The molecule has 1 saturated heterocycles. The summed E-state index contributed by atoms with van der Waals surface area (Å²) >= 11 is 0. The zero-order valence-corrected chi connectivity index (χ0v) is 13.2. The van der Waals surface area contributed by atoms with Gasteiger partial charge in [-0.2, -0.15) is 13.2 Å². The van der Waals surface area contributed by atoms with Crippen LogP contribution >= 0.6 is 0 Å². The van der Waals surface area contributed by atoms with E-state index in [0.29, 0.717) is 25.9 Å². The molecule has 1 N–H and O–H groups in total. The van der Waals surface area contributed by atoms with Gasteiger partial charge >= 0.3 is 12.1 Å². The van der Waals surface area contributed by atoms with Gasteiger partial charge in [0, 0.05) is 24.7 Å². The van der Waals surface area contributed by atoms with E-state index in [9.17, 15) is 22.8 Å². The molecule has 0 spiro atoms. The second kappa shape index (κ2) is 7.21. The SMILES string of the molecule is CN(CC(=O)O)C1CCN(C(=O)c2cccc(C(F)(F)F)c2)CC1. The Morgan fingerprint density at radius 2 is 1.92 bits per heavy atom. The van der Waals surface area contributed by atoms with Gasteiger partial charge in [-0.3, -0.25) is 14.5 Å². The van der Waals surface area contributed by atoms with Crippen LogP contribution < -0.4 is 0 Å². The van der Waals surface area contributed by atoms with Crippen molar-refractivity contribution in [1.29, 1.82) is 0 Å². The van der Waals surface area contributed by atoms with Gasteiger partial charge in [0.25, 0.3) is 5.91 Å². The highest BCUT2D eigenvalue weighted by molar-refractivity contribution is 5.94. The molecule has 1 heterocycles. The molecule has 24 heavy (non-hydrogen) atoms. The Labute approximate surface area is 137 Å². The third kappa shape index (κ3) is 4.47. The fourth-order valence-electron chi connectivity index (χ4n) is 2.86. The van der Waals surface area contributed by atoms with Gasteiger partial charge in [-0.1, -0.05) is 6.07 Å². The Balaban J connectivity index is 1.99. The molecule has 0 atom stereocenters. The summed E-state index contributed by atoms with van der Waals surface area (Å²) in [4.78, 5) is 26.3. The average molecular weight is 344 g/mol. The Kier molecular flexibility index (Phi) is 5.48. The quantitative estimate of drug-likeness (QED) is 0.911. The number of carboxylic acids is 1. The molecule has 5 nitrogen and oxygen atoms in total. The van der Waals surface area contributed by atoms with Crippen LogP contribution in [-0.4, -0.2) is 59.5 Å². The van der Waals surface area contributed by atoms with Crippen molar-refractivity contribution in [3.05, 3.63) is 35.4 Å². The lowest BCUT2D eigenvalue weighted by molar-refractivity contribution is -0.139. The van der Waals surface area contributed by atoms with E-state index < -0.39 is 23.6 Å². The zero-order valence-electron chi connectivity index (χ0n) is 13.2. The van der Waals surface area contributed by atoms with Crippen LogP contribution in [0.1, 0.15) is 28.8 Å². The Morgan fingerprint density at radius 3 is 2.46 bits per heavy atom. The summed E-state index contributed by atoms with van der Waals surface area (Å²) < 4.78 is 38.2. The number of nitrogens with zero attached hydrogens (tertiary/aromatic N) is 2. The maximum atomic E-state index is 12.7. The van der Waals surface area contributed by atoms with Crippen molar-refractivity contribution in [2.45, 2.75) is 25.1 Å². The summed E-state index contributed by atoms with van der Waals surface area (Å²) in [6.45, 7) is 0.708. The number of hydrogen-bond acceptors (Lipinski definition) is 3. The van der Waals surface area contributed by atoms with Crippen LogP contribution in [0.2, 0.25) is 0 Å². The fourth-order valence-corrected chi connectivity index (χ4v) is 2.86. The number of alkyl halides is 3. The van der Waals surface area contributed by atoms with E-state index in [1.807, 2.05) is 0 Å². The van der Waals surface area contributed by atoms with Crippen LogP contribution in [-0.2, 0) is 11.0 Å². The van der Waals surface area contributed by atoms with Crippen molar-refractivity contribution in [1.82, 2.24) is 9.80 Å². The molecule has 0 aliphatic carbocycles. The van der Waals surface area contributed by atoms with Crippen molar-refractivity contribution < 1.29 is 27.9 Å². The van der Waals surface area contributed by atoms with Gasteiger partial charge in [-0.25, -0.2) is 0 Å². The third-order valence-corrected chi connectivity index (χ3v) is 4.20. The number of piperidine rings is 1. The van der Waals surface area contributed by atoms with Crippen molar-refractivity contribution >= 4 is 11.9 Å². The number of likely N-dealkylation sites (N-methyl/N-ethyl adjacent to an activating group) is 1. The molecule has 1 aromatic carbocycles. The highest BCUT2D eigenvalue weighted by Crippen LogP contribution is 2.30. The number of halogens is 3. The summed E-state index contributed by atoms with van der Waals surface area (Å²) in [5, 5.41) is 8.80. The normalized spacial score (nSPS) is 16.5. The topological polar surface area (TPSA) is 60.9 Å². The second-order valence-electron chi connectivity index (χ2n) is 5.91. The van der Waals surface area contributed by atoms with Gasteiger partial charge in [0.15, 0.2) is 0 Å². The molecule has 2 rings (SSSR count). The van der Waals surface area contributed by atoms with Gasteiger partial charge in [0.2, 0.25) is 0 Å². The molecule has 1 amide bonds. The Bertz CT molecular complexity index is 611. The summed E-state index contributed by atoms with van der Waals surface area (Å²) in [6, 6.07) is 4.45.